The van der Waals surface area contributed by atoms with Crippen LogP contribution in [-0.2, 0) is 9.59 Å². The van der Waals surface area contributed by atoms with Crippen molar-refractivity contribution < 1.29 is 19.1 Å². The van der Waals surface area contributed by atoms with E-state index in [9.17, 15) is 14.7 Å². The van der Waals surface area contributed by atoms with Gasteiger partial charge in [-0.05, 0) is 13.0 Å². The normalized spacial score (nSPS) is 17.9. The lowest BCUT2D eigenvalue weighted by atomic mass is 9.90. The molecule has 5 heterocycles. The van der Waals surface area contributed by atoms with Crippen LogP contribution in [0.2, 0.25) is 0 Å². The highest BCUT2D eigenvalue weighted by atomic mass is 32.1. The molecule has 5 rings (SSSR count). The molecule has 0 aromatic carbocycles. The molecule has 2 N–H and O–H groups in total. The minimum absolute atomic E-state index is 0.129. The van der Waals surface area contributed by atoms with Crippen molar-refractivity contribution in [3.63, 3.8) is 0 Å². The van der Waals surface area contributed by atoms with Crippen molar-refractivity contribution in [3.05, 3.63) is 51.9 Å². The maximum Gasteiger partial charge on any atom is 0.333 e. The Morgan fingerprint density at radius 2 is 2.06 bits per heavy atom. The Bertz CT molecular complexity index is 1270. The van der Waals surface area contributed by atoms with Crippen molar-refractivity contribution in [3.8, 4) is 0 Å². The van der Waals surface area contributed by atoms with E-state index in [0.717, 1.165) is 4.88 Å². The van der Waals surface area contributed by atoms with Crippen molar-refractivity contribution in [1.29, 1.82) is 0 Å². The summed E-state index contributed by atoms with van der Waals surface area (Å²) in [5.74, 6) is -2.08. The van der Waals surface area contributed by atoms with Crippen molar-refractivity contribution in [2.45, 2.75) is 19.8 Å². The molecule has 170 valence electrons. The standard InChI is InChI=1S/C21H19FN6O3S2/c1-10-6-24-20(33-10)26-18(29)12-7-27(8-12)17-15(22)5-13-11(2)14(19(30)31)9-28(16(13)25-17)21-23-3-4-32-21/h3-6,9,11-12H,7-8H2,1-2H3,(H,30,31)(H,24,26,29). The van der Waals surface area contributed by atoms with E-state index >= 15 is 4.39 Å². The maximum atomic E-state index is 15.1. The summed E-state index contributed by atoms with van der Waals surface area (Å²) in [6, 6.07) is 1.34. The van der Waals surface area contributed by atoms with Gasteiger partial charge in [-0.1, -0.05) is 6.92 Å². The quantitative estimate of drug-likeness (QED) is 0.561. The fourth-order valence-electron chi connectivity index (χ4n) is 3.86. The highest BCUT2D eigenvalue weighted by Gasteiger charge is 2.38. The number of carbonyl (C=O) groups excluding carboxylic acids is 1. The van der Waals surface area contributed by atoms with Gasteiger partial charge in [-0.3, -0.25) is 9.69 Å². The zero-order valence-electron chi connectivity index (χ0n) is 17.6. The highest BCUT2D eigenvalue weighted by Crippen LogP contribution is 2.43. The number of amides is 1. The molecular weight excluding hydrogens is 467 g/mol. The van der Waals surface area contributed by atoms with Crippen molar-refractivity contribution >= 4 is 56.4 Å². The van der Waals surface area contributed by atoms with Crippen LogP contribution < -0.4 is 15.1 Å². The van der Waals surface area contributed by atoms with Gasteiger partial charge in [0.05, 0.1) is 11.5 Å². The second-order valence-electron chi connectivity index (χ2n) is 7.87. The number of anilines is 4. The third-order valence-electron chi connectivity index (χ3n) is 5.67. The number of hydrogen-bond donors (Lipinski definition) is 2. The minimum atomic E-state index is -1.08. The predicted octanol–water partition coefficient (Wildman–Crippen LogP) is 3.74. The number of carbonyl (C=O) groups is 2. The topological polar surface area (TPSA) is 112 Å². The van der Waals surface area contributed by atoms with E-state index in [2.05, 4.69) is 20.3 Å². The van der Waals surface area contributed by atoms with E-state index in [0.29, 0.717) is 34.7 Å². The number of pyridine rings is 1. The van der Waals surface area contributed by atoms with Gasteiger partial charge in [-0.15, -0.1) is 22.7 Å². The number of aryl methyl sites for hydroxylation is 1. The first-order chi connectivity index (χ1) is 15.8. The fraction of sp³-hybridized carbons (Fsp3) is 0.286. The van der Waals surface area contributed by atoms with Crippen LogP contribution in [0.15, 0.2) is 35.6 Å². The molecule has 2 aliphatic rings. The smallest absolute Gasteiger partial charge is 0.333 e. The average molecular weight is 487 g/mol. The Balaban J connectivity index is 1.40. The lowest BCUT2D eigenvalue weighted by molar-refractivity contribution is -0.133. The monoisotopic (exact) mass is 486 g/mol. The number of aromatic nitrogens is 3. The number of rotatable bonds is 5. The van der Waals surface area contributed by atoms with Crippen LogP contribution in [-0.4, -0.2) is 45.0 Å². The van der Waals surface area contributed by atoms with Gasteiger partial charge in [-0.25, -0.2) is 24.1 Å². The summed E-state index contributed by atoms with van der Waals surface area (Å²) in [6.45, 7) is 4.26. The van der Waals surface area contributed by atoms with Gasteiger partial charge < -0.3 is 15.3 Å². The molecule has 0 aliphatic carbocycles. The third kappa shape index (κ3) is 3.85. The zero-order valence-corrected chi connectivity index (χ0v) is 19.3. The van der Waals surface area contributed by atoms with Gasteiger partial charge in [0.25, 0.3) is 0 Å². The molecule has 1 amide bonds. The summed E-state index contributed by atoms with van der Waals surface area (Å²) in [5, 5.41) is 15.3. The molecule has 3 aromatic rings. The van der Waals surface area contributed by atoms with E-state index in [1.165, 1.54) is 34.9 Å². The van der Waals surface area contributed by atoms with Gasteiger partial charge in [0.2, 0.25) is 5.91 Å². The van der Waals surface area contributed by atoms with E-state index in [-0.39, 0.29) is 23.2 Å². The van der Waals surface area contributed by atoms with Crippen molar-refractivity contribution in [2.75, 3.05) is 28.2 Å². The summed E-state index contributed by atoms with van der Waals surface area (Å²) >= 11 is 2.72. The molecule has 0 spiro atoms. The second-order valence-corrected chi connectivity index (χ2v) is 9.98. The summed E-state index contributed by atoms with van der Waals surface area (Å²) in [5.41, 5.74) is 0.602. The van der Waals surface area contributed by atoms with Gasteiger partial charge in [0.15, 0.2) is 21.9 Å². The van der Waals surface area contributed by atoms with Gasteiger partial charge in [0.1, 0.15) is 5.82 Å². The Kier molecular flexibility index (Phi) is 5.33. The number of hydrogen-bond acceptors (Lipinski definition) is 9. The molecule has 2 aliphatic heterocycles. The number of fused-ring (bicyclic) bond motifs is 1. The summed E-state index contributed by atoms with van der Waals surface area (Å²) in [6.07, 6.45) is 4.80. The molecule has 33 heavy (non-hydrogen) atoms. The summed E-state index contributed by atoms with van der Waals surface area (Å²) in [4.78, 5) is 41.5. The lowest BCUT2D eigenvalue weighted by Crippen LogP contribution is -2.53. The van der Waals surface area contributed by atoms with E-state index in [1.807, 2.05) is 6.92 Å². The predicted molar refractivity (Wildman–Crippen MR) is 124 cm³/mol. The van der Waals surface area contributed by atoms with Crippen LogP contribution in [0.25, 0.3) is 0 Å². The Morgan fingerprint density at radius 3 is 2.70 bits per heavy atom. The highest BCUT2D eigenvalue weighted by molar-refractivity contribution is 7.15. The number of halogens is 1. The molecule has 9 nitrogen and oxygen atoms in total. The number of carboxylic acids is 1. The van der Waals surface area contributed by atoms with Crippen LogP contribution in [0.3, 0.4) is 0 Å². The Hall–Kier alpha value is -3.38. The molecule has 1 saturated heterocycles. The minimum Gasteiger partial charge on any atom is -0.478 e. The van der Waals surface area contributed by atoms with Crippen LogP contribution in [0.1, 0.15) is 23.3 Å². The largest absolute Gasteiger partial charge is 0.478 e. The average Bonchev–Trinajstić information content (AvgIpc) is 3.40. The maximum absolute atomic E-state index is 15.1. The molecule has 1 unspecified atom stereocenters. The van der Waals surface area contributed by atoms with Gasteiger partial charge in [0, 0.05) is 53.4 Å². The van der Waals surface area contributed by atoms with Crippen LogP contribution in [0.4, 0.5) is 26.3 Å². The number of thiazole rings is 2. The zero-order chi connectivity index (χ0) is 23.3. The molecular formula is C21H19FN6O3S2. The number of carboxylic acid groups (broad SMARTS) is 1. The summed E-state index contributed by atoms with van der Waals surface area (Å²) < 4.78 is 15.1. The molecule has 0 saturated carbocycles. The third-order valence-corrected chi connectivity index (χ3v) is 7.27. The first-order valence-electron chi connectivity index (χ1n) is 10.1. The van der Waals surface area contributed by atoms with Crippen molar-refractivity contribution in [2.24, 2.45) is 5.92 Å². The molecule has 1 atom stereocenters. The second kappa shape index (κ2) is 8.19. The van der Waals surface area contributed by atoms with Crippen molar-refractivity contribution in [1.82, 2.24) is 15.0 Å². The van der Waals surface area contributed by atoms with Crippen LogP contribution in [0, 0.1) is 18.7 Å². The van der Waals surface area contributed by atoms with Gasteiger partial charge in [-0.2, -0.15) is 0 Å². The number of aliphatic carboxylic acids is 1. The molecule has 0 radical (unpaired) electrons. The Morgan fingerprint density at radius 1 is 1.27 bits per heavy atom. The van der Waals surface area contributed by atoms with Crippen LogP contribution >= 0.6 is 22.7 Å². The number of nitrogens with zero attached hydrogens (tertiary/aromatic N) is 5. The number of nitrogens with one attached hydrogen (secondary N) is 1. The SMILES string of the molecule is Cc1cnc(NC(=O)C2CN(c3nc4c(cc3F)C(C)C(C(=O)O)=CN4c3nccs3)C2)s1. The summed E-state index contributed by atoms with van der Waals surface area (Å²) in [7, 11) is 0. The van der Waals surface area contributed by atoms with E-state index in [1.54, 1.807) is 34.5 Å². The first kappa shape index (κ1) is 21.5. The molecule has 1 fully saturated rings. The first-order valence-corrected chi connectivity index (χ1v) is 11.8. The van der Waals surface area contributed by atoms with E-state index < -0.39 is 17.7 Å². The molecule has 12 heteroatoms. The lowest BCUT2D eigenvalue weighted by Gasteiger charge is -2.40. The Labute approximate surface area is 196 Å². The van der Waals surface area contributed by atoms with Crippen LogP contribution in [0.5, 0.6) is 0 Å². The molecule has 0 bridgehead atoms. The van der Waals surface area contributed by atoms with E-state index in [4.69, 9.17) is 0 Å². The molecule has 3 aromatic heterocycles. The van der Waals surface area contributed by atoms with Gasteiger partial charge >= 0.3 is 5.97 Å². The fourth-order valence-corrected chi connectivity index (χ4v) is 5.14.